The smallest absolute Gasteiger partial charge is 0.383 e. The Balaban J connectivity index is 1.15. The molecule has 0 amide bonds. The van der Waals surface area contributed by atoms with Gasteiger partial charge in [0.2, 0.25) is 12.0 Å². The summed E-state index contributed by atoms with van der Waals surface area (Å²) in [6.45, 7) is 3.63. The van der Waals surface area contributed by atoms with E-state index in [4.69, 9.17) is 42.3 Å². The van der Waals surface area contributed by atoms with E-state index in [1.165, 1.54) is 0 Å². The molecule has 0 aliphatic carbocycles. The van der Waals surface area contributed by atoms with E-state index in [-0.39, 0.29) is 50.1 Å². The number of hydrogen-bond donors (Lipinski definition) is 0. The number of fused-ring (bicyclic) bond motifs is 1. The van der Waals surface area contributed by atoms with Gasteiger partial charge in [-0.15, -0.1) is 0 Å². The van der Waals surface area contributed by atoms with Gasteiger partial charge >= 0.3 is 5.63 Å². The van der Waals surface area contributed by atoms with Crippen molar-refractivity contribution in [1.29, 1.82) is 0 Å². The van der Waals surface area contributed by atoms with Crippen LogP contribution in [0.4, 0.5) is 0 Å². The number of rotatable bonds is 20. The van der Waals surface area contributed by atoms with Crippen molar-refractivity contribution >= 4 is 11.0 Å². The third-order valence-electron chi connectivity index (χ3n) is 10.4. The Morgan fingerprint density at radius 3 is 1.52 bits per heavy atom. The van der Waals surface area contributed by atoms with Crippen molar-refractivity contribution in [1.82, 2.24) is 0 Å². The minimum atomic E-state index is -1.03. The van der Waals surface area contributed by atoms with Gasteiger partial charge in [-0.2, -0.15) is 0 Å². The van der Waals surface area contributed by atoms with Gasteiger partial charge in [-0.05, 0) is 46.9 Å². The van der Waals surface area contributed by atoms with E-state index in [1.54, 1.807) is 25.1 Å². The average molecular weight is 835 g/mol. The van der Waals surface area contributed by atoms with Crippen molar-refractivity contribution in [3.63, 3.8) is 0 Å². The second kappa shape index (κ2) is 21.5. The van der Waals surface area contributed by atoms with Crippen molar-refractivity contribution in [3.8, 4) is 17.2 Å². The summed E-state index contributed by atoms with van der Waals surface area (Å²) in [6, 6.07) is 54.8. The fourth-order valence-corrected chi connectivity index (χ4v) is 7.33. The molecule has 8 rings (SSSR count). The summed E-state index contributed by atoms with van der Waals surface area (Å²) in [5.74, 6) is 0.661. The molecule has 1 aromatic heterocycles. The molecule has 2 heterocycles. The van der Waals surface area contributed by atoms with E-state index < -0.39 is 36.3 Å². The molecule has 0 N–H and O–H groups in total. The molecule has 0 saturated carbocycles. The van der Waals surface area contributed by atoms with Crippen molar-refractivity contribution in [2.24, 2.45) is 0 Å². The Hall–Kier alpha value is -6.27. The fraction of sp³-hybridized carbons (Fsp3) is 0.250. The van der Waals surface area contributed by atoms with E-state index in [0.717, 1.165) is 27.8 Å². The molecule has 318 valence electrons. The molecular formula is C52H50O10. The maximum atomic E-state index is 13.4. The third kappa shape index (κ3) is 11.2. The zero-order valence-corrected chi connectivity index (χ0v) is 34.6. The van der Waals surface area contributed by atoms with Gasteiger partial charge in [0.05, 0.1) is 45.0 Å². The van der Waals surface area contributed by atoms with Crippen molar-refractivity contribution in [2.45, 2.75) is 70.7 Å². The van der Waals surface area contributed by atoms with Gasteiger partial charge in [-0.25, -0.2) is 4.79 Å². The van der Waals surface area contributed by atoms with Gasteiger partial charge < -0.3 is 42.3 Å². The lowest BCUT2D eigenvalue weighted by atomic mass is 9.97. The van der Waals surface area contributed by atoms with Crippen LogP contribution in [0.15, 0.2) is 179 Å². The molecule has 1 saturated heterocycles. The Morgan fingerprint density at radius 1 is 0.500 bits per heavy atom. The molecule has 6 aromatic carbocycles. The summed E-state index contributed by atoms with van der Waals surface area (Å²) < 4.78 is 58.3. The van der Waals surface area contributed by atoms with Crippen LogP contribution in [0.3, 0.4) is 0 Å². The molecule has 1 fully saturated rings. The predicted molar refractivity (Wildman–Crippen MR) is 235 cm³/mol. The topological polar surface area (TPSA) is 104 Å². The lowest BCUT2D eigenvalue weighted by molar-refractivity contribution is -0.310. The van der Waals surface area contributed by atoms with Crippen LogP contribution in [0.1, 0.15) is 34.7 Å². The van der Waals surface area contributed by atoms with Gasteiger partial charge in [0.25, 0.3) is 0 Å². The Bertz CT molecular complexity index is 2470. The minimum absolute atomic E-state index is 0.00730. The Kier molecular flexibility index (Phi) is 14.7. The molecule has 0 radical (unpaired) electrons. The summed E-state index contributed by atoms with van der Waals surface area (Å²) in [7, 11) is 0. The molecule has 10 heteroatoms. The summed E-state index contributed by atoms with van der Waals surface area (Å²) in [4.78, 5) is 13.4. The molecule has 1 aliphatic rings. The fourth-order valence-electron chi connectivity index (χ4n) is 7.33. The van der Waals surface area contributed by atoms with E-state index in [9.17, 15) is 4.79 Å². The molecule has 0 spiro atoms. The Labute approximate surface area is 361 Å². The van der Waals surface area contributed by atoms with Gasteiger partial charge in [-0.1, -0.05) is 152 Å². The van der Waals surface area contributed by atoms with Crippen LogP contribution < -0.4 is 19.8 Å². The summed E-state index contributed by atoms with van der Waals surface area (Å²) in [6.07, 6.45) is -3.84. The molecule has 5 atom stereocenters. The molecule has 10 nitrogen and oxygen atoms in total. The van der Waals surface area contributed by atoms with Crippen molar-refractivity contribution in [2.75, 3.05) is 13.2 Å². The zero-order valence-electron chi connectivity index (χ0n) is 34.6. The van der Waals surface area contributed by atoms with E-state index in [1.807, 2.05) is 152 Å². The maximum absolute atomic E-state index is 13.4. The zero-order chi connectivity index (χ0) is 42.4. The number of ether oxygens (including phenoxy) is 8. The predicted octanol–water partition coefficient (Wildman–Crippen LogP) is 9.85. The van der Waals surface area contributed by atoms with Gasteiger partial charge in [0.1, 0.15) is 42.4 Å². The van der Waals surface area contributed by atoms with Gasteiger partial charge in [0, 0.05) is 6.07 Å². The molecular weight excluding hydrogens is 785 g/mol. The quantitative estimate of drug-likeness (QED) is 0.0690. The van der Waals surface area contributed by atoms with Crippen molar-refractivity contribution in [3.05, 3.63) is 208 Å². The first-order valence-corrected chi connectivity index (χ1v) is 20.9. The van der Waals surface area contributed by atoms with Crippen LogP contribution in [-0.4, -0.2) is 43.9 Å². The minimum Gasteiger partial charge on any atom is -0.484 e. The van der Waals surface area contributed by atoms with Gasteiger partial charge in [-0.3, -0.25) is 0 Å². The number of benzene rings is 6. The highest BCUT2D eigenvalue weighted by molar-refractivity contribution is 5.86. The average Bonchev–Trinajstić information content (AvgIpc) is 3.31. The molecule has 1 aliphatic heterocycles. The summed E-state index contributed by atoms with van der Waals surface area (Å²) in [5, 5.41) is 0.545. The first-order chi connectivity index (χ1) is 30.6. The summed E-state index contributed by atoms with van der Waals surface area (Å²) >= 11 is 0. The SMILES string of the molecule is CCOc1c(OCc2ccccc2)c2ccc(O[C@@H]3O[C@H](COCc4ccccc4)[C@H](OCc4ccccc4)[C@H](OCc4ccccc4)[C@H]3OCc3ccccc3)cc2oc1=O. The van der Waals surface area contributed by atoms with Crippen LogP contribution in [0.2, 0.25) is 0 Å². The van der Waals surface area contributed by atoms with E-state index in [2.05, 4.69) is 0 Å². The second-order valence-corrected chi connectivity index (χ2v) is 14.9. The molecule has 0 bridgehead atoms. The highest BCUT2D eigenvalue weighted by Gasteiger charge is 2.50. The molecule has 0 unspecified atom stereocenters. The monoisotopic (exact) mass is 834 g/mol. The largest absolute Gasteiger partial charge is 0.484 e. The van der Waals surface area contributed by atoms with Crippen LogP contribution in [0.5, 0.6) is 17.2 Å². The lowest BCUT2D eigenvalue weighted by Gasteiger charge is -2.45. The Morgan fingerprint density at radius 2 is 0.984 bits per heavy atom. The molecule has 7 aromatic rings. The number of hydrogen-bond acceptors (Lipinski definition) is 10. The van der Waals surface area contributed by atoms with Crippen LogP contribution in [0, 0.1) is 0 Å². The van der Waals surface area contributed by atoms with Crippen molar-refractivity contribution < 1.29 is 42.3 Å². The highest BCUT2D eigenvalue weighted by Crippen LogP contribution is 2.37. The van der Waals surface area contributed by atoms with Crippen LogP contribution in [0.25, 0.3) is 11.0 Å². The third-order valence-corrected chi connectivity index (χ3v) is 10.4. The maximum Gasteiger partial charge on any atom is 0.383 e. The summed E-state index contributed by atoms with van der Waals surface area (Å²) in [5.41, 5.74) is 4.49. The standard InChI is InChI=1S/C52H50O10/c1-2-55-49-46(56-32-38-20-10-4-11-21-38)43-29-28-42(30-44(43)61-51(49)53)60-52-50(59-35-41-26-16-7-17-27-41)48(58-34-40-24-14-6-15-25-40)47(57-33-39-22-12-5-13-23-39)45(62-52)36-54-31-37-18-8-3-9-19-37/h3-30,45,47-48,50,52H,2,31-36H2,1H3/t45-,47+,48+,50-,52-/m1/s1. The van der Waals surface area contributed by atoms with E-state index >= 15 is 0 Å². The van der Waals surface area contributed by atoms with E-state index in [0.29, 0.717) is 24.3 Å². The van der Waals surface area contributed by atoms with Gasteiger partial charge in [0.15, 0.2) is 5.75 Å². The normalized spacial score (nSPS) is 18.6. The lowest BCUT2D eigenvalue weighted by Crippen LogP contribution is -2.62. The molecule has 62 heavy (non-hydrogen) atoms. The highest BCUT2D eigenvalue weighted by atomic mass is 16.7. The van der Waals surface area contributed by atoms with Crippen LogP contribution in [-0.2, 0) is 56.7 Å². The first-order valence-electron chi connectivity index (χ1n) is 20.9. The second-order valence-electron chi connectivity index (χ2n) is 14.9. The van der Waals surface area contributed by atoms with Crippen LogP contribution >= 0.6 is 0 Å². The first kappa shape index (κ1) is 42.4.